The van der Waals surface area contributed by atoms with E-state index in [0.29, 0.717) is 0 Å². The first-order valence-corrected chi connectivity index (χ1v) is 3.17. The summed E-state index contributed by atoms with van der Waals surface area (Å²) in [7, 11) is 0. The Kier molecular flexibility index (Phi) is 3.61. The van der Waals surface area contributed by atoms with Crippen molar-refractivity contribution in [3.05, 3.63) is 11.3 Å². The summed E-state index contributed by atoms with van der Waals surface area (Å²) in [5.41, 5.74) is 0.864. The normalized spacial score (nSPS) is 13.2. The van der Waals surface area contributed by atoms with E-state index in [0.717, 1.165) is 6.92 Å². The highest BCUT2D eigenvalue weighted by atomic mass is 19.4. The molecule has 0 unspecified atom stereocenters. The molecule has 0 aliphatic rings. The zero-order valence-corrected chi connectivity index (χ0v) is 6.91. The molecule has 4 nitrogen and oxygen atoms in total. The Labute approximate surface area is 75.7 Å². The molecule has 0 fully saturated rings. The van der Waals surface area contributed by atoms with Crippen LogP contribution >= 0.6 is 0 Å². The van der Waals surface area contributed by atoms with E-state index in [1.165, 1.54) is 0 Å². The molecule has 0 saturated carbocycles. The second kappa shape index (κ2) is 4.07. The van der Waals surface area contributed by atoms with Gasteiger partial charge in [0, 0.05) is 10.2 Å². The molecule has 80 valence electrons. The summed E-state index contributed by atoms with van der Waals surface area (Å²) < 4.78 is 47.1. The third kappa shape index (κ3) is 2.71. The largest absolute Gasteiger partial charge is 0.433 e. The van der Waals surface area contributed by atoms with E-state index in [-0.39, 0.29) is 0 Å². The second-order valence-electron chi connectivity index (χ2n) is 2.30. The number of hydrogen-bond donors (Lipinski definition) is 2. The van der Waals surface area contributed by atoms with Crippen molar-refractivity contribution in [1.82, 2.24) is 0 Å². The first-order chi connectivity index (χ1) is 6.21. The highest BCUT2D eigenvalue weighted by Gasteiger charge is 2.40. The lowest BCUT2D eigenvalue weighted by atomic mass is 10.1. The zero-order valence-electron chi connectivity index (χ0n) is 6.91. The number of alkyl halides is 3. The lowest BCUT2D eigenvalue weighted by molar-refractivity contribution is -0.178. The molecule has 0 atom stereocenters. The van der Waals surface area contributed by atoms with Crippen LogP contribution in [0.3, 0.4) is 0 Å². The molecule has 0 aromatic heterocycles. The summed E-state index contributed by atoms with van der Waals surface area (Å²) in [6.45, 7) is 0.923. The van der Waals surface area contributed by atoms with Gasteiger partial charge in [0.1, 0.15) is 5.57 Å². The van der Waals surface area contributed by atoms with E-state index in [4.69, 9.17) is 11.1 Å². The Hall–Kier alpha value is -1.60. The topological polar surface area (TPSA) is 76.2 Å². The molecule has 0 aliphatic carbocycles. The summed E-state index contributed by atoms with van der Waals surface area (Å²) in [5.74, 6) is -1.94. The van der Waals surface area contributed by atoms with Gasteiger partial charge in [-0.15, -0.1) is 0 Å². The Bertz CT molecular complexity index is 291. The van der Waals surface area contributed by atoms with Crippen molar-refractivity contribution in [3.63, 3.8) is 0 Å². The molecule has 0 saturated heterocycles. The molecule has 0 amide bonds. The molecule has 0 aliphatic heterocycles. The summed E-state index contributed by atoms with van der Waals surface area (Å²) in [4.78, 5) is 13.0. The number of rotatable bonds is 2. The number of halogens is 4. The van der Waals surface area contributed by atoms with E-state index >= 15 is 0 Å². The molecule has 0 aromatic carbocycles. The van der Waals surface area contributed by atoms with E-state index in [9.17, 15) is 22.5 Å². The fraction of sp³-hybridized carbons (Fsp3) is 0.333. The van der Waals surface area contributed by atoms with Gasteiger partial charge in [-0.3, -0.25) is 5.41 Å². The van der Waals surface area contributed by atoms with Crippen LogP contribution < -0.4 is 5.73 Å². The lowest BCUT2D eigenvalue weighted by Crippen LogP contribution is -2.30. The van der Waals surface area contributed by atoms with Crippen LogP contribution in [0.2, 0.25) is 0 Å². The first kappa shape index (κ1) is 12.4. The number of allylic oxidation sites excluding steroid dienone is 1. The predicted octanol–water partition coefficient (Wildman–Crippen LogP) is 1.23. The van der Waals surface area contributed by atoms with Crippen LogP contribution in [0.15, 0.2) is 11.3 Å². The predicted molar refractivity (Wildman–Crippen MR) is 37.9 cm³/mol. The van der Waals surface area contributed by atoms with Gasteiger partial charge in [0.05, 0.1) is 0 Å². The number of nitrogens with two attached hydrogens (primary N) is 1. The van der Waals surface area contributed by atoms with Crippen LogP contribution in [0.4, 0.5) is 17.7 Å². The zero-order chi connectivity index (χ0) is 11.5. The SMILES string of the molecule is C/C(N)=C(/C(=N)C(F)(F)F)C(=O)OF. The van der Waals surface area contributed by atoms with Gasteiger partial charge < -0.3 is 5.73 Å². The minimum absolute atomic E-state index is 0.644. The summed E-state index contributed by atoms with van der Waals surface area (Å²) >= 11 is 0. The number of carbonyl (C=O) groups is 1. The quantitative estimate of drug-likeness (QED) is 0.412. The molecule has 0 rings (SSSR count). The Balaban J connectivity index is 5.20. The van der Waals surface area contributed by atoms with Crippen LogP contribution in [-0.4, -0.2) is 17.9 Å². The fourth-order valence-corrected chi connectivity index (χ4v) is 0.641. The minimum Gasteiger partial charge on any atom is -0.402 e. The Morgan fingerprint density at radius 2 is 1.86 bits per heavy atom. The van der Waals surface area contributed by atoms with Crippen molar-refractivity contribution in [1.29, 1.82) is 5.41 Å². The molecular formula is C6H6F4N2O2. The van der Waals surface area contributed by atoms with Crippen molar-refractivity contribution in [2.24, 2.45) is 5.73 Å². The van der Waals surface area contributed by atoms with Gasteiger partial charge in [0.25, 0.3) is 0 Å². The molecule has 14 heavy (non-hydrogen) atoms. The Morgan fingerprint density at radius 3 is 2.07 bits per heavy atom. The van der Waals surface area contributed by atoms with Crippen molar-refractivity contribution in [2.75, 3.05) is 0 Å². The average molecular weight is 214 g/mol. The third-order valence-corrected chi connectivity index (χ3v) is 1.20. The van der Waals surface area contributed by atoms with Crippen LogP contribution in [0.25, 0.3) is 0 Å². The molecule has 3 N–H and O–H groups in total. The van der Waals surface area contributed by atoms with E-state index < -0.39 is 29.1 Å². The van der Waals surface area contributed by atoms with E-state index in [2.05, 4.69) is 4.94 Å². The maximum atomic E-state index is 11.9. The van der Waals surface area contributed by atoms with Crippen LogP contribution in [0.5, 0.6) is 0 Å². The maximum absolute atomic E-state index is 11.9. The van der Waals surface area contributed by atoms with Gasteiger partial charge in [0.15, 0.2) is 5.71 Å². The first-order valence-electron chi connectivity index (χ1n) is 3.17. The van der Waals surface area contributed by atoms with Crippen molar-refractivity contribution < 1.29 is 27.4 Å². The number of nitrogens with one attached hydrogen (secondary N) is 1. The molecule has 0 heterocycles. The van der Waals surface area contributed by atoms with Crippen molar-refractivity contribution in [2.45, 2.75) is 13.1 Å². The monoisotopic (exact) mass is 214 g/mol. The minimum atomic E-state index is -5.08. The standard InChI is InChI=1S/C6H6F4N2O2/c1-2(11)3(5(13)14-10)4(12)6(7,8)9/h12H,11H2,1H3/b3-2+,12-4?. The fourth-order valence-electron chi connectivity index (χ4n) is 0.641. The average Bonchev–Trinajstić information content (AvgIpc) is 2.01. The van der Waals surface area contributed by atoms with Crippen molar-refractivity contribution in [3.8, 4) is 0 Å². The molecular weight excluding hydrogens is 208 g/mol. The van der Waals surface area contributed by atoms with Gasteiger partial charge >= 0.3 is 12.1 Å². The molecule has 0 radical (unpaired) electrons. The van der Waals surface area contributed by atoms with Gasteiger partial charge in [0.2, 0.25) is 0 Å². The van der Waals surface area contributed by atoms with Crippen LogP contribution in [0.1, 0.15) is 6.92 Å². The van der Waals surface area contributed by atoms with Gasteiger partial charge in [-0.2, -0.15) is 13.2 Å². The summed E-state index contributed by atoms with van der Waals surface area (Å²) in [6.07, 6.45) is -5.08. The van der Waals surface area contributed by atoms with Gasteiger partial charge in [-0.05, 0) is 6.92 Å². The highest BCUT2D eigenvalue weighted by molar-refractivity contribution is 6.21. The third-order valence-electron chi connectivity index (χ3n) is 1.20. The summed E-state index contributed by atoms with van der Waals surface area (Å²) in [5, 5.41) is 6.53. The van der Waals surface area contributed by atoms with Crippen molar-refractivity contribution >= 4 is 11.7 Å². The number of hydrogen-bond acceptors (Lipinski definition) is 4. The van der Waals surface area contributed by atoms with E-state index in [1.54, 1.807) is 0 Å². The molecule has 0 aromatic rings. The van der Waals surface area contributed by atoms with Crippen LogP contribution in [0, 0.1) is 5.41 Å². The lowest BCUT2D eigenvalue weighted by Gasteiger charge is -2.10. The highest BCUT2D eigenvalue weighted by Crippen LogP contribution is 2.22. The van der Waals surface area contributed by atoms with Gasteiger partial charge in [-0.1, -0.05) is 0 Å². The van der Waals surface area contributed by atoms with Gasteiger partial charge in [-0.25, -0.2) is 9.74 Å². The molecule has 8 heteroatoms. The van der Waals surface area contributed by atoms with Crippen LogP contribution in [-0.2, 0) is 9.74 Å². The molecule has 0 spiro atoms. The maximum Gasteiger partial charge on any atom is 0.433 e. The smallest absolute Gasteiger partial charge is 0.402 e. The number of carbonyl (C=O) groups excluding carboxylic acids is 1. The summed E-state index contributed by atoms with van der Waals surface area (Å²) in [6, 6.07) is 0. The Morgan fingerprint density at radius 1 is 1.43 bits per heavy atom. The molecule has 0 bridgehead atoms. The van der Waals surface area contributed by atoms with E-state index in [1.807, 2.05) is 0 Å². The second-order valence-corrected chi connectivity index (χ2v) is 2.30.